The van der Waals surface area contributed by atoms with Crippen molar-refractivity contribution in [1.82, 2.24) is 9.55 Å². The zero-order valence-electron chi connectivity index (χ0n) is 18.7. The van der Waals surface area contributed by atoms with E-state index in [-0.39, 0.29) is 0 Å². The van der Waals surface area contributed by atoms with E-state index in [1.807, 2.05) is 13.8 Å². The minimum Gasteiger partial charge on any atom is -0.293 e. The van der Waals surface area contributed by atoms with E-state index in [0.29, 0.717) is 0 Å². The topological polar surface area (TPSA) is 17.8 Å². The van der Waals surface area contributed by atoms with Crippen LogP contribution in [0.2, 0.25) is 0 Å². The largest absolute Gasteiger partial charge is 0.293 e. The second-order valence-corrected chi connectivity index (χ2v) is 6.60. The Labute approximate surface area is 172 Å². The van der Waals surface area contributed by atoms with Gasteiger partial charge >= 0.3 is 0 Å². The summed E-state index contributed by atoms with van der Waals surface area (Å²) in [5.41, 5.74) is 4.83. The molecule has 4 rings (SSSR count). The van der Waals surface area contributed by atoms with E-state index in [0.717, 1.165) is 25.1 Å². The van der Waals surface area contributed by atoms with Gasteiger partial charge < -0.3 is 0 Å². The predicted octanol–water partition coefficient (Wildman–Crippen LogP) is 8.03. The number of benzene rings is 1. The maximum absolute atomic E-state index is 4.87. The van der Waals surface area contributed by atoms with E-state index in [4.69, 9.17) is 4.98 Å². The Morgan fingerprint density at radius 3 is 2.07 bits per heavy atom. The van der Waals surface area contributed by atoms with Crippen LogP contribution >= 0.6 is 0 Å². The van der Waals surface area contributed by atoms with Crippen molar-refractivity contribution in [3.63, 3.8) is 0 Å². The third-order valence-corrected chi connectivity index (χ3v) is 3.84. The van der Waals surface area contributed by atoms with Gasteiger partial charge in [0.15, 0.2) is 0 Å². The lowest BCUT2D eigenvalue weighted by Gasteiger charge is -2.12. The monoisotopic (exact) mass is 378 g/mol. The van der Waals surface area contributed by atoms with Gasteiger partial charge in [-0.25, -0.2) is 4.98 Å². The molecule has 0 fully saturated rings. The van der Waals surface area contributed by atoms with Gasteiger partial charge in [-0.05, 0) is 31.1 Å². The fraction of sp³-hybridized carbons (Fsp3) is 0.423. The molecule has 0 aliphatic heterocycles. The van der Waals surface area contributed by atoms with E-state index in [1.54, 1.807) is 0 Å². The van der Waals surface area contributed by atoms with Crippen LogP contribution in [0.5, 0.6) is 0 Å². The number of fused-ring (bicyclic) bond motifs is 1. The number of hydrogen-bond donors (Lipinski definition) is 0. The Morgan fingerprint density at radius 1 is 0.857 bits per heavy atom. The fourth-order valence-electron chi connectivity index (χ4n) is 2.89. The molecular formula is C26H38N2. The van der Waals surface area contributed by atoms with Crippen molar-refractivity contribution in [2.75, 3.05) is 0 Å². The summed E-state index contributed by atoms with van der Waals surface area (Å²) in [6, 6.07) is 10.5. The molecule has 0 saturated carbocycles. The number of allylic oxidation sites excluding steroid dienone is 5. The standard InChI is InChI=1S/C18H16N2.2C3H8.C2H6/c1-3-8-14(9-4-1)18-19-16-12-7-13-17(16)20(18)15-10-5-2-6-11-15;2*1-3-2;1-2/h2-3,5-11,13H,1,4,12H2;2*3H2,1-2H3;1-2H3. The lowest BCUT2D eigenvalue weighted by molar-refractivity contribution is 0.990. The quantitative estimate of drug-likeness (QED) is 0.517. The molecule has 1 aromatic carbocycles. The predicted molar refractivity (Wildman–Crippen MR) is 126 cm³/mol. The van der Waals surface area contributed by atoms with Crippen molar-refractivity contribution in [2.45, 2.75) is 73.6 Å². The van der Waals surface area contributed by atoms with E-state index < -0.39 is 0 Å². The average Bonchev–Trinajstić information content (AvgIpc) is 3.33. The first-order valence-corrected chi connectivity index (χ1v) is 11.0. The van der Waals surface area contributed by atoms with Crippen LogP contribution in [-0.2, 0) is 6.42 Å². The van der Waals surface area contributed by atoms with Crippen molar-refractivity contribution in [3.05, 3.63) is 71.8 Å². The Bertz CT molecular complexity index is 759. The summed E-state index contributed by atoms with van der Waals surface area (Å²) in [6.45, 7) is 12.5. The molecule has 2 heteroatoms. The molecule has 0 N–H and O–H groups in total. The highest BCUT2D eigenvalue weighted by Gasteiger charge is 2.20. The second-order valence-electron chi connectivity index (χ2n) is 6.60. The molecule has 0 radical (unpaired) electrons. The van der Waals surface area contributed by atoms with Gasteiger partial charge in [0.05, 0.1) is 11.4 Å². The number of rotatable bonds is 2. The maximum atomic E-state index is 4.87. The molecule has 2 nitrogen and oxygen atoms in total. The molecule has 0 unspecified atom stereocenters. The molecule has 0 saturated heterocycles. The molecule has 152 valence electrons. The fourth-order valence-corrected chi connectivity index (χ4v) is 2.89. The van der Waals surface area contributed by atoms with E-state index in [1.165, 1.54) is 35.5 Å². The lowest BCUT2D eigenvalue weighted by Crippen LogP contribution is -2.02. The van der Waals surface area contributed by atoms with Crippen LogP contribution < -0.4 is 0 Å². The number of imidazole rings is 1. The lowest BCUT2D eigenvalue weighted by atomic mass is 10.1. The first kappa shape index (κ1) is 23.7. The maximum Gasteiger partial charge on any atom is 0.144 e. The first-order chi connectivity index (χ1) is 13.8. The molecule has 2 aromatic rings. The third-order valence-electron chi connectivity index (χ3n) is 3.84. The van der Waals surface area contributed by atoms with E-state index in [9.17, 15) is 0 Å². The number of nitrogens with zero attached hydrogens (tertiary/aromatic N) is 2. The van der Waals surface area contributed by atoms with Crippen LogP contribution in [0.1, 0.15) is 84.4 Å². The van der Waals surface area contributed by atoms with Gasteiger partial charge in [0.1, 0.15) is 5.82 Å². The summed E-state index contributed by atoms with van der Waals surface area (Å²) in [7, 11) is 0. The second kappa shape index (κ2) is 13.8. The molecule has 2 aliphatic rings. The highest BCUT2D eigenvalue weighted by Crippen LogP contribution is 2.30. The van der Waals surface area contributed by atoms with Crippen LogP contribution in [0.25, 0.3) is 17.3 Å². The van der Waals surface area contributed by atoms with Crippen LogP contribution in [0.4, 0.5) is 0 Å². The Hall–Kier alpha value is -2.35. The molecule has 0 spiro atoms. The van der Waals surface area contributed by atoms with Crippen molar-refractivity contribution >= 4 is 11.6 Å². The van der Waals surface area contributed by atoms with Crippen molar-refractivity contribution in [2.24, 2.45) is 0 Å². The smallest absolute Gasteiger partial charge is 0.144 e. The Morgan fingerprint density at radius 2 is 1.50 bits per heavy atom. The number of hydrogen-bond acceptors (Lipinski definition) is 1. The SMILES string of the molecule is C1=CC(c2nc3c(n2-c2ccccc2)C=CC3)=CCC1.CC.CCC.CCC. The van der Waals surface area contributed by atoms with E-state index >= 15 is 0 Å². The average molecular weight is 379 g/mol. The summed E-state index contributed by atoms with van der Waals surface area (Å²) in [4.78, 5) is 4.87. The van der Waals surface area contributed by atoms with Crippen molar-refractivity contribution < 1.29 is 0 Å². The van der Waals surface area contributed by atoms with Crippen LogP contribution in [-0.4, -0.2) is 9.55 Å². The number of aromatic nitrogens is 2. The molecule has 1 aromatic heterocycles. The van der Waals surface area contributed by atoms with Gasteiger partial charge in [-0.2, -0.15) is 0 Å². The Balaban J connectivity index is 0.000000430. The summed E-state index contributed by atoms with van der Waals surface area (Å²) < 4.78 is 2.28. The summed E-state index contributed by atoms with van der Waals surface area (Å²) in [5, 5.41) is 0. The molecule has 2 aliphatic carbocycles. The molecule has 0 amide bonds. The number of para-hydroxylation sites is 1. The third kappa shape index (κ3) is 6.37. The summed E-state index contributed by atoms with van der Waals surface area (Å²) in [6.07, 6.45) is 16.8. The van der Waals surface area contributed by atoms with Gasteiger partial charge in [0, 0.05) is 17.7 Å². The van der Waals surface area contributed by atoms with Gasteiger partial charge in [-0.1, -0.05) is 96.9 Å². The zero-order valence-corrected chi connectivity index (χ0v) is 18.7. The van der Waals surface area contributed by atoms with Gasteiger partial charge in [0.2, 0.25) is 0 Å². The van der Waals surface area contributed by atoms with Crippen LogP contribution in [0.3, 0.4) is 0 Å². The molecule has 0 bridgehead atoms. The van der Waals surface area contributed by atoms with Gasteiger partial charge in [-0.3, -0.25) is 4.57 Å². The molecule has 1 heterocycles. The normalized spacial score (nSPS) is 13.1. The highest BCUT2D eigenvalue weighted by atomic mass is 15.1. The minimum atomic E-state index is 0.944. The minimum absolute atomic E-state index is 0.944. The highest BCUT2D eigenvalue weighted by molar-refractivity contribution is 5.74. The van der Waals surface area contributed by atoms with E-state index in [2.05, 4.69) is 93.0 Å². The van der Waals surface area contributed by atoms with Gasteiger partial charge in [0.25, 0.3) is 0 Å². The summed E-state index contributed by atoms with van der Waals surface area (Å²) >= 11 is 0. The zero-order chi connectivity index (χ0) is 20.8. The van der Waals surface area contributed by atoms with Gasteiger partial charge in [-0.15, -0.1) is 0 Å². The van der Waals surface area contributed by atoms with Crippen LogP contribution in [0, 0.1) is 0 Å². The molecule has 28 heavy (non-hydrogen) atoms. The molecule has 0 atom stereocenters. The summed E-state index contributed by atoms with van der Waals surface area (Å²) in [5.74, 6) is 1.07. The first-order valence-electron chi connectivity index (χ1n) is 11.0. The van der Waals surface area contributed by atoms with Crippen LogP contribution in [0.15, 0.2) is 54.6 Å². The Kier molecular flexibility index (Phi) is 11.6. The van der Waals surface area contributed by atoms with Crippen molar-refractivity contribution in [3.8, 4) is 5.69 Å². The molecular weight excluding hydrogens is 340 g/mol. The van der Waals surface area contributed by atoms with Crippen molar-refractivity contribution in [1.29, 1.82) is 0 Å².